The molecule has 2 heterocycles. The number of piperidine rings is 1. The highest BCUT2D eigenvalue weighted by atomic mass is 35.5. The summed E-state index contributed by atoms with van der Waals surface area (Å²) in [5, 5.41) is 0. The van der Waals surface area contributed by atoms with Crippen molar-refractivity contribution in [2.24, 2.45) is 17.1 Å². The van der Waals surface area contributed by atoms with Gasteiger partial charge in [-0.2, -0.15) is 0 Å². The number of nitrogens with two attached hydrogens (primary N) is 1. The molecule has 2 aliphatic heterocycles. The maximum absolute atomic E-state index is 12.3. The van der Waals surface area contributed by atoms with Crippen LogP contribution < -0.4 is 5.73 Å². The first kappa shape index (κ1) is 17.7. The van der Waals surface area contributed by atoms with Gasteiger partial charge in [-0.3, -0.25) is 4.79 Å². The van der Waals surface area contributed by atoms with Crippen LogP contribution in [0, 0.1) is 11.3 Å². The second-order valence-electron chi connectivity index (χ2n) is 6.79. The van der Waals surface area contributed by atoms with Gasteiger partial charge in [0.2, 0.25) is 5.91 Å². The Labute approximate surface area is 128 Å². The quantitative estimate of drug-likeness (QED) is 0.869. The van der Waals surface area contributed by atoms with E-state index in [9.17, 15) is 4.79 Å². The normalized spacial score (nSPS) is 26.9. The molecule has 2 aliphatic rings. The van der Waals surface area contributed by atoms with E-state index < -0.39 is 0 Å². The van der Waals surface area contributed by atoms with E-state index in [1.807, 2.05) is 4.90 Å². The standard InChI is InChI=1S/C15H28N2O2.ClH/c1-15(2)11-17(8-5-13(15)16)14(18)4-3-12-6-9-19-10-7-12;/h12-13H,3-11,16H2,1-2H3;1H. The van der Waals surface area contributed by atoms with Crippen molar-refractivity contribution in [3.63, 3.8) is 0 Å². The zero-order valence-corrected chi connectivity index (χ0v) is 13.6. The molecule has 0 radical (unpaired) electrons. The van der Waals surface area contributed by atoms with E-state index in [0.29, 0.717) is 18.2 Å². The molecule has 4 nitrogen and oxygen atoms in total. The zero-order valence-electron chi connectivity index (χ0n) is 12.8. The number of likely N-dealkylation sites (tertiary alicyclic amines) is 1. The molecule has 1 amide bonds. The predicted octanol–water partition coefficient (Wildman–Crippen LogP) is 2.20. The average molecular weight is 305 g/mol. The van der Waals surface area contributed by atoms with Gasteiger partial charge in [0.15, 0.2) is 0 Å². The van der Waals surface area contributed by atoms with Crippen molar-refractivity contribution in [2.45, 2.75) is 52.0 Å². The number of hydrogen-bond donors (Lipinski definition) is 1. The van der Waals surface area contributed by atoms with Gasteiger partial charge in [0, 0.05) is 38.8 Å². The fourth-order valence-electron chi connectivity index (χ4n) is 3.11. The van der Waals surface area contributed by atoms with Crippen molar-refractivity contribution >= 4 is 18.3 Å². The van der Waals surface area contributed by atoms with Crippen LogP contribution in [0.1, 0.15) is 46.0 Å². The molecule has 20 heavy (non-hydrogen) atoms. The summed E-state index contributed by atoms with van der Waals surface area (Å²) in [5.74, 6) is 0.990. The molecule has 0 aromatic carbocycles. The van der Waals surface area contributed by atoms with Gasteiger partial charge in [-0.25, -0.2) is 0 Å². The molecule has 0 spiro atoms. The van der Waals surface area contributed by atoms with Crippen LogP contribution in [0.15, 0.2) is 0 Å². The molecular weight excluding hydrogens is 276 g/mol. The fourth-order valence-corrected chi connectivity index (χ4v) is 3.11. The van der Waals surface area contributed by atoms with E-state index in [2.05, 4.69) is 13.8 Å². The van der Waals surface area contributed by atoms with Gasteiger partial charge in [0.25, 0.3) is 0 Å². The van der Waals surface area contributed by atoms with Crippen LogP contribution in [0.2, 0.25) is 0 Å². The molecule has 2 N–H and O–H groups in total. The lowest BCUT2D eigenvalue weighted by molar-refractivity contribution is -0.135. The number of carbonyl (C=O) groups is 1. The van der Waals surface area contributed by atoms with Crippen LogP contribution in [0.3, 0.4) is 0 Å². The van der Waals surface area contributed by atoms with Crippen molar-refractivity contribution in [3.05, 3.63) is 0 Å². The topological polar surface area (TPSA) is 55.6 Å². The summed E-state index contributed by atoms with van der Waals surface area (Å²) < 4.78 is 5.35. The summed E-state index contributed by atoms with van der Waals surface area (Å²) in [6, 6.07) is 0.215. The smallest absolute Gasteiger partial charge is 0.222 e. The average Bonchev–Trinajstić information content (AvgIpc) is 2.40. The van der Waals surface area contributed by atoms with E-state index in [1.54, 1.807) is 0 Å². The van der Waals surface area contributed by atoms with Gasteiger partial charge >= 0.3 is 0 Å². The summed E-state index contributed by atoms with van der Waals surface area (Å²) in [6.45, 7) is 7.69. The maximum Gasteiger partial charge on any atom is 0.222 e. The van der Waals surface area contributed by atoms with Crippen molar-refractivity contribution in [1.82, 2.24) is 4.90 Å². The third kappa shape index (κ3) is 4.61. The number of amides is 1. The van der Waals surface area contributed by atoms with Crippen molar-refractivity contribution in [1.29, 1.82) is 0 Å². The Balaban J connectivity index is 0.00000200. The minimum absolute atomic E-state index is 0. The molecule has 1 unspecified atom stereocenters. The van der Waals surface area contributed by atoms with Crippen LogP contribution in [-0.2, 0) is 9.53 Å². The Bertz CT molecular complexity index is 317. The molecule has 1 atom stereocenters. The summed E-state index contributed by atoms with van der Waals surface area (Å²) in [4.78, 5) is 14.3. The van der Waals surface area contributed by atoms with E-state index >= 15 is 0 Å². The summed E-state index contributed by atoms with van der Waals surface area (Å²) >= 11 is 0. The molecule has 0 aromatic rings. The Morgan fingerprint density at radius 3 is 2.55 bits per heavy atom. The number of nitrogens with zero attached hydrogens (tertiary/aromatic N) is 1. The van der Waals surface area contributed by atoms with Crippen LogP contribution in [0.4, 0.5) is 0 Å². The molecule has 2 fully saturated rings. The maximum atomic E-state index is 12.3. The third-order valence-corrected chi connectivity index (χ3v) is 4.77. The summed E-state index contributed by atoms with van der Waals surface area (Å²) in [5.41, 5.74) is 6.16. The van der Waals surface area contributed by atoms with Crippen molar-refractivity contribution in [3.8, 4) is 0 Å². The largest absolute Gasteiger partial charge is 0.381 e. The molecule has 0 aliphatic carbocycles. The molecule has 0 saturated carbocycles. The molecule has 0 aromatic heterocycles. The number of halogens is 1. The Morgan fingerprint density at radius 1 is 1.30 bits per heavy atom. The molecule has 0 bridgehead atoms. The highest BCUT2D eigenvalue weighted by Crippen LogP contribution is 2.28. The van der Waals surface area contributed by atoms with Gasteiger partial charge in [-0.05, 0) is 37.0 Å². The summed E-state index contributed by atoms with van der Waals surface area (Å²) in [7, 11) is 0. The van der Waals surface area contributed by atoms with Crippen LogP contribution in [-0.4, -0.2) is 43.2 Å². The van der Waals surface area contributed by atoms with E-state index in [4.69, 9.17) is 10.5 Å². The molecule has 2 rings (SSSR count). The highest BCUT2D eigenvalue weighted by molar-refractivity contribution is 5.85. The molecular formula is C15H29ClN2O2. The SMILES string of the molecule is CC1(C)CN(C(=O)CCC2CCOCC2)CCC1N.Cl. The zero-order chi connectivity index (χ0) is 13.9. The third-order valence-electron chi connectivity index (χ3n) is 4.77. The van der Waals surface area contributed by atoms with E-state index in [-0.39, 0.29) is 23.9 Å². The number of ether oxygens (including phenoxy) is 1. The predicted molar refractivity (Wildman–Crippen MR) is 83.0 cm³/mol. The van der Waals surface area contributed by atoms with Gasteiger partial charge < -0.3 is 15.4 Å². The van der Waals surface area contributed by atoms with E-state index in [1.165, 1.54) is 0 Å². The van der Waals surface area contributed by atoms with Crippen LogP contribution >= 0.6 is 12.4 Å². The van der Waals surface area contributed by atoms with Crippen LogP contribution in [0.5, 0.6) is 0 Å². The lowest BCUT2D eigenvalue weighted by atomic mass is 9.79. The van der Waals surface area contributed by atoms with Gasteiger partial charge in [-0.1, -0.05) is 13.8 Å². The fraction of sp³-hybridized carbons (Fsp3) is 0.933. The molecule has 2 saturated heterocycles. The Morgan fingerprint density at radius 2 is 1.95 bits per heavy atom. The first-order valence-corrected chi connectivity index (χ1v) is 7.60. The van der Waals surface area contributed by atoms with Crippen molar-refractivity contribution < 1.29 is 9.53 Å². The first-order chi connectivity index (χ1) is 8.99. The lowest BCUT2D eigenvalue weighted by Gasteiger charge is -2.42. The molecule has 118 valence electrons. The number of hydrogen-bond acceptors (Lipinski definition) is 3. The minimum Gasteiger partial charge on any atom is -0.381 e. The van der Waals surface area contributed by atoms with Gasteiger partial charge in [-0.15, -0.1) is 12.4 Å². The second kappa shape index (κ2) is 7.62. The highest BCUT2D eigenvalue weighted by Gasteiger charge is 2.35. The minimum atomic E-state index is 0. The number of carbonyl (C=O) groups excluding carboxylic acids is 1. The molecule has 5 heteroatoms. The lowest BCUT2D eigenvalue weighted by Crippen LogP contribution is -2.54. The monoisotopic (exact) mass is 304 g/mol. The Hall–Kier alpha value is -0.320. The van der Waals surface area contributed by atoms with Gasteiger partial charge in [0.05, 0.1) is 0 Å². The van der Waals surface area contributed by atoms with Crippen molar-refractivity contribution in [2.75, 3.05) is 26.3 Å². The van der Waals surface area contributed by atoms with Crippen LogP contribution in [0.25, 0.3) is 0 Å². The first-order valence-electron chi connectivity index (χ1n) is 7.60. The Kier molecular flexibility index (Phi) is 6.76. The summed E-state index contributed by atoms with van der Waals surface area (Å²) in [6.07, 6.45) is 4.87. The van der Waals surface area contributed by atoms with Gasteiger partial charge in [0.1, 0.15) is 0 Å². The second-order valence-corrected chi connectivity index (χ2v) is 6.79. The van der Waals surface area contributed by atoms with E-state index in [0.717, 1.165) is 52.0 Å². The number of rotatable bonds is 3.